The third kappa shape index (κ3) is 2.39. The molecule has 0 spiro atoms. The van der Waals surface area contributed by atoms with Gasteiger partial charge in [0.2, 0.25) is 0 Å². The normalized spacial score (nSPS) is 15.3. The fraction of sp³-hybridized carbons (Fsp3) is 0.357. The summed E-state index contributed by atoms with van der Waals surface area (Å²) in [6, 6.07) is 3.32. The number of H-pyrrole nitrogens is 1. The maximum atomic E-state index is 11.4. The molecule has 4 rings (SSSR count). The molecule has 0 unspecified atom stereocenters. The molecule has 9 nitrogen and oxygen atoms in total. The van der Waals surface area contributed by atoms with Crippen LogP contribution < -0.4 is 15.4 Å². The molecule has 3 aromatic heterocycles. The second-order valence-corrected chi connectivity index (χ2v) is 5.43. The Morgan fingerprint density at radius 1 is 1.04 bits per heavy atom. The fourth-order valence-electron chi connectivity index (χ4n) is 2.80. The number of hydrogen-bond acceptors (Lipinski definition) is 7. The number of aromatic amines is 1. The lowest BCUT2D eigenvalue weighted by Gasteiger charge is -2.35. The van der Waals surface area contributed by atoms with Gasteiger partial charge in [0.25, 0.3) is 5.56 Å². The first-order chi connectivity index (χ1) is 11.2. The minimum absolute atomic E-state index is 0.102. The standard InChI is InChI=1S/C14H16N8O/c1-20-11(23)3-2-10(19-20)21-4-6-22(7-5-21)14-12-13(16-8-15-12)17-9-18-14/h2-3,8-9H,4-7H2,1H3,(H,15,16,17,18). The Labute approximate surface area is 131 Å². The molecule has 0 aliphatic carbocycles. The van der Waals surface area contributed by atoms with Crippen molar-refractivity contribution in [3.8, 4) is 0 Å². The van der Waals surface area contributed by atoms with E-state index in [-0.39, 0.29) is 5.56 Å². The molecular weight excluding hydrogens is 296 g/mol. The molecule has 1 N–H and O–H groups in total. The van der Waals surface area contributed by atoms with Crippen LogP contribution in [0.5, 0.6) is 0 Å². The average Bonchev–Trinajstić information content (AvgIpc) is 3.06. The van der Waals surface area contributed by atoms with E-state index in [1.807, 2.05) is 0 Å². The van der Waals surface area contributed by atoms with Crippen molar-refractivity contribution in [3.05, 3.63) is 35.1 Å². The first kappa shape index (κ1) is 13.7. The molecule has 0 radical (unpaired) electrons. The number of nitrogens with one attached hydrogen (secondary N) is 1. The molecule has 0 saturated carbocycles. The lowest BCUT2D eigenvalue weighted by Crippen LogP contribution is -2.47. The summed E-state index contributed by atoms with van der Waals surface area (Å²) in [6.45, 7) is 3.25. The van der Waals surface area contributed by atoms with Crippen molar-refractivity contribution in [2.24, 2.45) is 7.05 Å². The summed E-state index contributed by atoms with van der Waals surface area (Å²) in [4.78, 5) is 31.6. The lowest BCUT2D eigenvalue weighted by molar-refractivity contribution is 0.620. The summed E-state index contributed by atoms with van der Waals surface area (Å²) < 4.78 is 1.36. The predicted octanol–water partition coefficient (Wildman–Crippen LogP) is -0.227. The molecule has 118 valence electrons. The van der Waals surface area contributed by atoms with Crippen LogP contribution in [0.4, 0.5) is 11.6 Å². The predicted molar refractivity (Wildman–Crippen MR) is 85.6 cm³/mol. The van der Waals surface area contributed by atoms with Gasteiger partial charge in [0.15, 0.2) is 11.5 Å². The molecule has 1 aliphatic rings. The van der Waals surface area contributed by atoms with Crippen LogP contribution in [-0.2, 0) is 7.05 Å². The third-order valence-electron chi connectivity index (χ3n) is 4.05. The monoisotopic (exact) mass is 312 g/mol. The van der Waals surface area contributed by atoms with Gasteiger partial charge < -0.3 is 14.8 Å². The van der Waals surface area contributed by atoms with E-state index in [1.54, 1.807) is 31.8 Å². The number of piperazine rings is 1. The third-order valence-corrected chi connectivity index (χ3v) is 4.05. The first-order valence-electron chi connectivity index (χ1n) is 7.41. The number of fused-ring (bicyclic) bond motifs is 1. The quantitative estimate of drug-likeness (QED) is 0.698. The zero-order valence-corrected chi connectivity index (χ0v) is 12.7. The van der Waals surface area contributed by atoms with Crippen LogP contribution in [0.2, 0.25) is 0 Å². The van der Waals surface area contributed by atoms with Crippen molar-refractivity contribution in [2.45, 2.75) is 0 Å². The molecule has 3 aromatic rings. The van der Waals surface area contributed by atoms with E-state index in [0.29, 0.717) is 5.65 Å². The van der Waals surface area contributed by atoms with E-state index in [4.69, 9.17) is 0 Å². The van der Waals surface area contributed by atoms with Gasteiger partial charge >= 0.3 is 0 Å². The van der Waals surface area contributed by atoms with E-state index in [9.17, 15) is 4.79 Å². The Kier molecular flexibility index (Phi) is 3.18. The van der Waals surface area contributed by atoms with Gasteiger partial charge in [-0.1, -0.05) is 0 Å². The number of nitrogens with zero attached hydrogens (tertiary/aromatic N) is 7. The maximum absolute atomic E-state index is 11.4. The molecule has 1 fully saturated rings. The zero-order valence-electron chi connectivity index (χ0n) is 12.7. The number of rotatable bonds is 2. The highest BCUT2D eigenvalue weighted by molar-refractivity contribution is 5.82. The first-order valence-corrected chi connectivity index (χ1v) is 7.41. The smallest absolute Gasteiger partial charge is 0.266 e. The van der Waals surface area contributed by atoms with Crippen molar-refractivity contribution in [3.63, 3.8) is 0 Å². The topological polar surface area (TPSA) is 95.8 Å². The summed E-state index contributed by atoms with van der Waals surface area (Å²) in [5, 5.41) is 4.31. The van der Waals surface area contributed by atoms with Crippen molar-refractivity contribution in [1.29, 1.82) is 0 Å². The summed E-state index contributed by atoms with van der Waals surface area (Å²) in [5.41, 5.74) is 1.44. The van der Waals surface area contributed by atoms with Crippen molar-refractivity contribution in [2.75, 3.05) is 36.0 Å². The molecule has 0 amide bonds. The Bertz CT molecular complexity index is 893. The van der Waals surface area contributed by atoms with Gasteiger partial charge in [0.1, 0.15) is 17.7 Å². The average molecular weight is 312 g/mol. The largest absolute Gasteiger partial charge is 0.352 e. The highest BCUT2D eigenvalue weighted by Gasteiger charge is 2.21. The van der Waals surface area contributed by atoms with Gasteiger partial charge in [0, 0.05) is 39.3 Å². The summed E-state index contributed by atoms with van der Waals surface area (Å²) in [7, 11) is 1.66. The molecule has 9 heteroatoms. The number of imidazole rings is 1. The highest BCUT2D eigenvalue weighted by Crippen LogP contribution is 2.22. The Morgan fingerprint density at radius 2 is 1.83 bits per heavy atom. The number of hydrogen-bond donors (Lipinski definition) is 1. The Hall–Kier alpha value is -2.97. The second kappa shape index (κ2) is 5.34. The lowest BCUT2D eigenvalue weighted by atomic mass is 10.3. The van der Waals surface area contributed by atoms with Crippen molar-refractivity contribution in [1.82, 2.24) is 29.7 Å². The van der Waals surface area contributed by atoms with Crippen LogP contribution in [0.25, 0.3) is 11.2 Å². The second-order valence-electron chi connectivity index (χ2n) is 5.43. The molecule has 0 aromatic carbocycles. The molecular formula is C14H16N8O. The Balaban J connectivity index is 1.54. The molecule has 0 bridgehead atoms. The van der Waals surface area contributed by atoms with Gasteiger partial charge in [-0.05, 0) is 6.07 Å². The van der Waals surface area contributed by atoms with E-state index < -0.39 is 0 Å². The van der Waals surface area contributed by atoms with E-state index in [2.05, 4.69) is 34.8 Å². The van der Waals surface area contributed by atoms with Crippen LogP contribution in [0, 0.1) is 0 Å². The van der Waals surface area contributed by atoms with Crippen molar-refractivity contribution >= 4 is 22.8 Å². The molecule has 23 heavy (non-hydrogen) atoms. The number of aryl methyl sites for hydroxylation is 1. The van der Waals surface area contributed by atoms with Crippen LogP contribution >= 0.6 is 0 Å². The molecule has 1 saturated heterocycles. The SMILES string of the molecule is Cn1nc(N2CCN(c3ncnc4nc[nH]c34)CC2)ccc1=O. The van der Waals surface area contributed by atoms with Crippen LogP contribution in [0.1, 0.15) is 0 Å². The van der Waals surface area contributed by atoms with E-state index in [0.717, 1.165) is 43.3 Å². The van der Waals surface area contributed by atoms with Crippen LogP contribution in [-0.4, -0.2) is 55.9 Å². The summed E-state index contributed by atoms with van der Waals surface area (Å²) >= 11 is 0. The van der Waals surface area contributed by atoms with Gasteiger partial charge in [-0.2, -0.15) is 5.10 Å². The molecule has 0 atom stereocenters. The molecule has 1 aliphatic heterocycles. The minimum atomic E-state index is -0.102. The van der Waals surface area contributed by atoms with Gasteiger partial charge in [-0.3, -0.25) is 4.79 Å². The van der Waals surface area contributed by atoms with Gasteiger partial charge in [0.05, 0.1) is 6.33 Å². The van der Waals surface area contributed by atoms with Crippen LogP contribution in [0.15, 0.2) is 29.6 Å². The van der Waals surface area contributed by atoms with Gasteiger partial charge in [-0.15, -0.1) is 0 Å². The fourth-order valence-corrected chi connectivity index (χ4v) is 2.80. The zero-order chi connectivity index (χ0) is 15.8. The Morgan fingerprint density at radius 3 is 2.61 bits per heavy atom. The maximum Gasteiger partial charge on any atom is 0.266 e. The van der Waals surface area contributed by atoms with Crippen molar-refractivity contribution < 1.29 is 0 Å². The van der Waals surface area contributed by atoms with Crippen LogP contribution in [0.3, 0.4) is 0 Å². The molecule has 4 heterocycles. The number of aromatic nitrogens is 6. The highest BCUT2D eigenvalue weighted by atomic mass is 16.1. The van der Waals surface area contributed by atoms with E-state index >= 15 is 0 Å². The van der Waals surface area contributed by atoms with Gasteiger partial charge in [-0.25, -0.2) is 19.6 Å². The summed E-state index contributed by atoms with van der Waals surface area (Å²) in [6.07, 6.45) is 3.17. The summed E-state index contributed by atoms with van der Waals surface area (Å²) in [5.74, 6) is 1.70. The number of anilines is 2. The minimum Gasteiger partial charge on any atom is -0.352 e. The van der Waals surface area contributed by atoms with E-state index in [1.165, 1.54) is 4.68 Å².